The van der Waals surface area contributed by atoms with Gasteiger partial charge in [-0.15, -0.1) is 10.2 Å². The van der Waals surface area contributed by atoms with Crippen LogP contribution in [0.5, 0.6) is 11.5 Å². The Kier molecular flexibility index (Phi) is 5.39. The number of aromatic nitrogens is 3. The molecule has 0 N–H and O–H groups in total. The van der Waals surface area contributed by atoms with Crippen LogP contribution in [0.15, 0.2) is 58.6 Å². The minimum atomic E-state index is -0.278. The molecule has 0 unspecified atom stereocenters. The fourth-order valence-electron chi connectivity index (χ4n) is 2.08. The van der Waals surface area contributed by atoms with Gasteiger partial charge in [-0.2, -0.15) is 5.10 Å². The molecule has 3 aromatic rings. The van der Waals surface area contributed by atoms with Crippen LogP contribution < -0.4 is 9.47 Å². The van der Waals surface area contributed by atoms with Crippen molar-refractivity contribution in [3.05, 3.63) is 70.5 Å². The van der Waals surface area contributed by atoms with Gasteiger partial charge in [-0.05, 0) is 51.3 Å². The molecule has 25 heavy (non-hydrogen) atoms. The third-order valence-electron chi connectivity index (χ3n) is 3.29. The van der Waals surface area contributed by atoms with Crippen molar-refractivity contribution in [3.63, 3.8) is 0 Å². The van der Waals surface area contributed by atoms with E-state index in [-0.39, 0.29) is 5.82 Å². The first-order valence-electron chi connectivity index (χ1n) is 7.29. The highest BCUT2D eigenvalue weighted by Crippen LogP contribution is 2.36. The standard InChI is InChI=1S/C17H14BrFN4O2/c1-24-16-7-13(8-22-23-10-20-21-11-23)6-15(18)17(16)25-9-12-2-4-14(19)5-3-12/h2-8,10-11H,9H2,1H3/b22-8-. The lowest BCUT2D eigenvalue weighted by atomic mass is 10.2. The summed E-state index contributed by atoms with van der Waals surface area (Å²) in [6, 6.07) is 9.81. The van der Waals surface area contributed by atoms with E-state index in [9.17, 15) is 4.39 Å². The SMILES string of the molecule is COc1cc(/C=N\n2cnnc2)cc(Br)c1OCc1ccc(F)cc1. The predicted octanol–water partition coefficient (Wildman–Crippen LogP) is 3.65. The van der Waals surface area contributed by atoms with Gasteiger partial charge in [-0.25, -0.2) is 9.07 Å². The number of halogens is 2. The van der Waals surface area contributed by atoms with E-state index in [1.54, 1.807) is 31.5 Å². The first-order valence-corrected chi connectivity index (χ1v) is 8.09. The van der Waals surface area contributed by atoms with Crippen LogP contribution in [-0.2, 0) is 6.61 Å². The fraction of sp³-hybridized carbons (Fsp3) is 0.118. The minimum absolute atomic E-state index is 0.278. The van der Waals surface area contributed by atoms with Crippen molar-refractivity contribution in [2.75, 3.05) is 7.11 Å². The summed E-state index contributed by atoms with van der Waals surface area (Å²) in [4.78, 5) is 0. The number of rotatable bonds is 6. The lowest BCUT2D eigenvalue weighted by Crippen LogP contribution is -2.00. The van der Waals surface area contributed by atoms with Crippen molar-refractivity contribution in [1.82, 2.24) is 14.9 Å². The lowest BCUT2D eigenvalue weighted by Gasteiger charge is -2.13. The molecule has 0 aliphatic heterocycles. The van der Waals surface area contributed by atoms with E-state index in [0.717, 1.165) is 15.6 Å². The second-order valence-corrected chi connectivity index (χ2v) is 5.89. The normalized spacial score (nSPS) is 11.0. The molecule has 0 saturated heterocycles. The second kappa shape index (κ2) is 7.89. The van der Waals surface area contributed by atoms with Gasteiger partial charge in [0.2, 0.25) is 0 Å². The summed E-state index contributed by atoms with van der Waals surface area (Å²) < 4.78 is 26.4. The number of hydrogen-bond donors (Lipinski definition) is 0. The van der Waals surface area contributed by atoms with Gasteiger partial charge in [-0.3, -0.25) is 0 Å². The molecule has 0 spiro atoms. The van der Waals surface area contributed by atoms with Crippen LogP contribution in [-0.4, -0.2) is 28.2 Å². The number of methoxy groups -OCH3 is 1. The molecule has 0 amide bonds. The molecule has 0 atom stereocenters. The Bertz CT molecular complexity index is 867. The average molecular weight is 405 g/mol. The molecule has 0 fully saturated rings. The maximum absolute atomic E-state index is 13.0. The van der Waals surface area contributed by atoms with Crippen LogP contribution in [0.4, 0.5) is 4.39 Å². The first-order chi connectivity index (χ1) is 12.2. The van der Waals surface area contributed by atoms with Crippen LogP contribution >= 0.6 is 15.9 Å². The van der Waals surface area contributed by atoms with E-state index in [2.05, 4.69) is 31.2 Å². The van der Waals surface area contributed by atoms with Crippen LogP contribution in [0.1, 0.15) is 11.1 Å². The summed E-state index contributed by atoms with van der Waals surface area (Å²) in [6.45, 7) is 0.295. The molecule has 6 nitrogen and oxygen atoms in total. The maximum Gasteiger partial charge on any atom is 0.175 e. The smallest absolute Gasteiger partial charge is 0.175 e. The number of ether oxygens (including phenoxy) is 2. The summed E-state index contributed by atoms with van der Waals surface area (Å²) >= 11 is 3.48. The Hall–Kier alpha value is -2.74. The van der Waals surface area contributed by atoms with Gasteiger partial charge in [0, 0.05) is 0 Å². The second-order valence-electron chi connectivity index (χ2n) is 5.04. The number of benzene rings is 2. The topological polar surface area (TPSA) is 61.5 Å². The molecule has 1 heterocycles. The minimum Gasteiger partial charge on any atom is -0.493 e. The highest BCUT2D eigenvalue weighted by Gasteiger charge is 2.11. The summed E-state index contributed by atoms with van der Waals surface area (Å²) in [7, 11) is 1.56. The fourth-order valence-corrected chi connectivity index (χ4v) is 2.65. The average Bonchev–Trinajstić information content (AvgIpc) is 3.13. The third kappa shape index (κ3) is 4.42. The summed E-state index contributed by atoms with van der Waals surface area (Å²) in [5, 5.41) is 11.6. The van der Waals surface area contributed by atoms with Crippen molar-refractivity contribution < 1.29 is 13.9 Å². The molecule has 0 bridgehead atoms. The van der Waals surface area contributed by atoms with E-state index in [1.807, 2.05) is 6.07 Å². The third-order valence-corrected chi connectivity index (χ3v) is 3.88. The zero-order valence-corrected chi connectivity index (χ0v) is 14.9. The van der Waals surface area contributed by atoms with Crippen LogP contribution in [0.3, 0.4) is 0 Å². The Morgan fingerprint density at radius 3 is 2.60 bits per heavy atom. The molecule has 0 saturated carbocycles. The quantitative estimate of drug-likeness (QED) is 0.588. The van der Waals surface area contributed by atoms with Crippen LogP contribution in [0.25, 0.3) is 0 Å². The van der Waals surface area contributed by atoms with E-state index in [0.29, 0.717) is 18.1 Å². The molecule has 2 aromatic carbocycles. The Morgan fingerprint density at radius 2 is 1.92 bits per heavy atom. The molecule has 1 aromatic heterocycles. The molecule has 0 aliphatic rings. The van der Waals surface area contributed by atoms with Crippen molar-refractivity contribution >= 4 is 22.1 Å². The van der Waals surface area contributed by atoms with Crippen molar-refractivity contribution in [1.29, 1.82) is 0 Å². The Labute approximate surface area is 152 Å². The molecule has 128 valence electrons. The van der Waals surface area contributed by atoms with Gasteiger partial charge < -0.3 is 9.47 Å². The van der Waals surface area contributed by atoms with Crippen molar-refractivity contribution in [3.8, 4) is 11.5 Å². The number of nitrogens with zero attached hydrogens (tertiary/aromatic N) is 4. The van der Waals surface area contributed by atoms with Crippen molar-refractivity contribution in [2.24, 2.45) is 5.10 Å². The van der Waals surface area contributed by atoms with Gasteiger partial charge in [0.05, 0.1) is 17.8 Å². The molecule has 3 rings (SSSR count). The van der Waals surface area contributed by atoms with E-state index in [1.165, 1.54) is 29.5 Å². The van der Waals surface area contributed by atoms with Gasteiger partial charge >= 0.3 is 0 Å². The number of hydrogen-bond acceptors (Lipinski definition) is 5. The zero-order chi connectivity index (χ0) is 17.6. The van der Waals surface area contributed by atoms with E-state index >= 15 is 0 Å². The lowest BCUT2D eigenvalue weighted by molar-refractivity contribution is 0.282. The molecule has 0 radical (unpaired) electrons. The van der Waals surface area contributed by atoms with Gasteiger partial charge in [0.1, 0.15) is 25.1 Å². The highest BCUT2D eigenvalue weighted by molar-refractivity contribution is 9.10. The maximum atomic E-state index is 13.0. The van der Waals surface area contributed by atoms with E-state index < -0.39 is 0 Å². The first kappa shape index (κ1) is 17.1. The van der Waals surface area contributed by atoms with Crippen molar-refractivity contribution in [2.45, 2.75) is 6.61 Å². The summed E-state index contributed by atoms with van der Waals surface area (Å²) in [6.07, 6.45) is 4.63. The Morgan fingerprint density at radius 1 is 1.20 bits per heavy atom. The van der Waals surface area contributed by atoms with Gasteiger partial charge in [-0.1, -0.05) is 12.1 Å². The molecule has 8 heteroatoms. The van der Waals surface area contributed by atoms with Gasteiger partial charge in [0.15, 0.2) is 11.5 Å². The Balaban J connectivity index is 1.78. The highest BCUT2D eigenvalue weighted by atomic mass is 79.9. The predicted molar refractivity (Wildman–Crippen MR) is 94.4 cm³/mol. The molecular weight excluding hydrogens is 391 g/mol. The summed E-state index contributed by atoms with van der Waals surface area (Å²) in [5.41, 5.74) is 1.67. The summed E-state index contributed by atoms with van der Waals surface area (Å²) in [5.74, 6) is 0.842. The van der Waals surface area contributed by atoms with E-state index in [4.69, 9.17) is 9.47 Å². The molecular formula is C17H14BrFN4O2. The van der Waals surface area contributed by atoms with Crippen LogP contribution in [0, 0.1) is 5.82 Å². The molecule has 0 aliphatic carbocycles. The van der Waals surface area contributed by atoms with Crippen LogP contribution in [0.2, 0.25) is 0 Å². The zero-order valence-electron chi connectivity index (χ0n) is 13.3. The van der Waals surface area contributed by atoms with Gasteiger partial charge in [0.25, 0.3) is 0 Å². The largest absolute Gasteiger partial charge is 0.493 e. The monoisotopic (exact) mass is 404 g/mol.